The predicted molar refractivity (Wildman–Crippen MR) is 85.8 cm³/mol. The molecule has 5 heteroatoms. The van der Waals surface area contributed by atoms with E-state index in [-0.39, 0.29) is 0 Å². The summed E-state index contributed by atoms with van der Waals surface area (Å²) in [5.74, 6) is 0.707. The number of rotatable bonds is 2. The van der Waals surface area contributed by atoms with Crippen molar-refractivity contribution < 1.29 is 0 Å². The molecule has 0 saturated carbocycles. The van der Waals surface area contributed by atoms with Crippen LogP contribution < -0.4 is 10.6 Å². The van der Waals surface area contributed by atoms with Crippen molar-refractivity contribution in [2.24, 2.45) is 0 Å². The number of nitrogens with zero attached hydrogens (tertiary/aromatic N) is 2. The zero-order valence-corrected chi connectivity index (χ0v) is 11.4. The van der Waals surface area contributed by atoms with Gasteiger partial charge in [0.1, 0.15) is 5.82 Å². The summed E-state index contributed by atoms with van der Waals surface area (Å²) in [5.41, 5.74) is 1.76. The Morgan fingerprint density at radius 1 is 0.850 bits per heavy atom. The van der Waals surface area contributed by atoms with Crippen molar-refractivity contribution in [1.29, 1.82) is 0 Å². The molecule has 0 bridgehead atoms. The lowest BCUT2D eigenvalue weighted by Gasteiger charge is -2.11. The Hall–Kier alpha value is -2.53. The molecule has 1 aromatic carbocycles. The highest BCUT2D eigenvalue weighted by Gasteiger charge is 2.04. The first-order valence-corrected chi connectivity index (χ1v) is 6.56. The number of pyridine rings is 2. The molecule has 20 heavy (non-hydrogen) atoms. The Labute approximate surface area is 121 Å². The van der Waals surface area contributed by atoms with Crippen molar-refractivity contribution in [2.45, 2.75) is 0 Å². The van der Waals surface area contributed by atoms with Gasteiger partial charge in [-0.25, -0.2) is 4.98 Å². The molecule has 0 amide bonds. The van der Waals surface area contributed by atoms with Gasteiger partial charge < -0.3 is 10.6 Å². The summed E-state index contributed by atoms with van der Waals surface area (Å²) < 4.78 is 0. The van der Waals surface area contributed by atoms with Crippen LogP contribution in [0, 0.1) is 0 Å². The number of benzene rings is 1. The minimum absolute atomic E-state index is 0.488. The normalized spacial score (nSPS) is 10.2. The zero-order chi connectivity index (χ0) is 13.8. The van der Waals surface area contributed by atoms with Crippen LogP contribution in [-0.4, -0.2) is 15.1 Å². The van der Waals surface area contributed by atoms with E-state index in [9.17, 15) is 0 Å². The van der Waals surface area contributed by atoms with Crippen LogP contribution >= 0.6 is 12.2 Å². The number of fused-ring (bicyclic) bond motifs is 1. The van der Waals surface area contributed by atoms with Gasteiger partial charge in [0.15, 0.2) is 5.11 Å². The molecular formula is C15H12N4S. The molecule has 0 saturated heterocycles. The van der Waals surface area contributed by atoms with Crippen LogP contribution in [0.4, 0.5) is 11.5 Å². The summed E-state index contributed by atoms with van der Waals surface area (Å²) in [4.78, 5) is 8.54. The number of para-hydroxylation sites is 1. The van der Waals surface area contributed by atoms with E-state index in [1.807, 2.05) is 48.5 Å². The van der Waals surface area contributed by atoms with E-state index in [0.717, 1.165) is 16.6 Å². The minimum atomic E-state index is 0.488. The molecule has 0 unspecified atom stereocenters. The van der Waals surface area contributed by atoms with Crippen molar-refractivity contribution >= 4 is 39.7 Å². The Morgan fingerprint density at radius 2 is 1.70 bits per heavy atom. The van der Waals surface area contributed by atoms with Gasteiger partial charge in [-0.3, -0.25) is 4.98 Å². The average molecular weight is 280 g/mol. The van der Waals surface area contributed by atoms with Gasteiger partial charge >= 0.3 is 0 Å². The highest BCUT2D eigenvalue weighted by atomic mass is 32.1. The summed E-state index contributed by atoms with van der Waals surface area (Å²) in [7, 11) is 0. The molecule has 0 aliphatic carbocycles. The second kappa shape index (κ2) is 5.63. The van der Waals surface area contributed by atoms with Gasteiger partial charge in [-0.2, -0.15) is 0 Å². The van der Waals surface area contributed by atoms with E-state index in [4.69, 9.17) is 12.2 Å². The molecule has 3 rings (SSSR count). The Kier molecular flexibility index (Phi) is 3.52. The maximum absolute atomic E-state index is 5.29. The third-order valence-electron chi connectivity index (χ3n) is 2.79. The van der Waals surface area contributed by atoms with Gasteiger partial charge in [0, 0.05) is 17.8 Å². The van der Waals surface area contributed by atoms with Crippen LogP contribution in [0.1, 0.15) is 0 Å². The predicted octanol–water partition coefficient (Wildman–Crippen LogP) is 3.44. The Balaban J connectivity index is 1.81. The molecule has 3 aromatic rings. The maximum Gasteiger partial charge on any atom is 0.176 e. The van der Waals surface area contributed by atoms with E-state index in [1.54, 1.807) is 12.4 Å². The first-order chi connectivity index (χ1) is 9.83. The van der Waals surface area contributed by atoms with Crippen molar-refractivity contribution in [1.82, 2.24) is 9.97 Å². The smallest absolute Gasteiger partial charge is 0.176 e. The summed E-state index contributed by atoms with van der Waals surface area (Å²) in [6.45, 7) is 0. The highest BCUT2D eigenvalue weighted by Crippen LogP contribution is 2.20. The third kappa shape index (κ3) is 2.73. The molecule has 4 nitrogen and oxygen atoms in total. The summed E-state index contributed by atoms with van der Waals surface area (Å²) in [6, 6.07) is 15.5. The van der Waals surface area contributed by atoms with Crippen molar-refractivity contribution in [3.8, 4) is 0 Å². The number of hydrogen-bond donors (Lipinski definition) is 2. The SMILES string of the molecule is S=C(Nc1ccccn1)Nc1cccc2cccnc12. The summed E-state index contributed by atoms with van der Waals surface area (Å²) in [6.07, 6.45) is 3.48. The molecule has 0 fully saturated rings. The molecular weight excluding hydrogens is 268 g/mol. The van der Waals surface area contributed by atoms with Gasteiger partial charge in [0.2, 0.25) is 0 Å². The number of nitrogens with one attached hydrogen (secondary N) is 2. The standard InChI is InChI=1S/C15H12N4S/c20-15(19-13-8-1-2-9-16-13)18-12-7-3-5-11-6-4-10-17-14(11)12/h1-10H,(H2,16,18,19,20). The molecule has 0 aliphatic rings. The third-order valence-corrected chi connectivity index (χ3v) is 2.99. The van der Waals surface area contributed by atoms with Crippen LogP contribution in [0.15, 0.2) is 60.9 Å². The van der Waals surface area contributed by atoms with E-state index in [2.05, 4.69) is 20.6 Å². The molecule has 2 N–H and O–H groups in total. The summed E-state index contributed by atoms with van der Waals surface area (Å²) in [5, 5.41) is 7.74. The summed E-state index contributed by atoms with van der Waals surface area (Å²) >= 11 is 5.29. The number of aromatic nitrogens is 2. The van der Waals surface area contributed by atoms with E-state index in [1.165, 1.54) is 0 Å². The van der Waals surface area contributed by atoms with Crippen LogP contribution in [0.5, 0.6) is 0 Å². The Bertz CT molecular complexity index is 738. The second-order valence-corrected chi connectivity index (χ2v) is 4.58. The van der Waals surface area contributed by atoms with Gasteiger partial charge in [-0.05, 0) is 36.5 Å². The fourth-order valence-electron chi connectivity index (χ4n) is 1.91. The molecule has 0 spiro atoms. The van der Waals surface area contributed by atoms with E-state index < -0.39 is 0 Å². The lowest BCUT2D eigenvalue weighted by molar-refractivity contribution is 1.32. The van der Waals surface area contributed by atoms with Crippen molar-refractivity contribution in [2.75, 3.05) is 10.6 Å². The van der Waals surface area contributed by atoms with Crippen LogP contribution in [0.25, 0.3) is 10.9 Å². The van der Waals surface area contributed by atoms with Crippen molar-refractivity contribution in [3.63, 3.8) is 0 Å². The zero-order valence-electron chi connectivity index (χ0n) is 10.6. The fourth-order valence-corrected chi connectivity index (χ4v) is 2.13. The second-order valence-electron chi connectivity index (χ2n) is 4.17. The molecule has 0 atom stereocenters. The van der Waals surface area contributed by atoms with Crippen LogP contribution in [0.2, 0.25) is 0 Å². The lowest BCUT2D eigenvalue weighted by atomic mass is 10.2. The lowest BCUT2D eigenvalue weighted by Crippen LogP contribution is -2.19. The van der Waals surface area contributed by atoms with Crippen LogP contribution in [-0.2, 0) is 0 Å². The van der Waals surface area contributed by atoms with Gasteiger partial charge in [0.25, 0.3) is 0 Å². The van der Waals surface area contributed by atoms with Gasteiger partial charge in [-0.15, -0.1) is 0 Å². The molecule has 0 radical (unpaired) electrons. The quantitative estimate of drug-likeness (QED) is 0.704. The van der Waals surface area contributed by atoms with E-state index in [0.29, 0.717) is 10.9 Å². The monoisotopic (exact) mass is 280 g/mol. The molecule has 0 aliphatic heterocycles. The van der Waals surface area contributed by atoms with E-state index >= 15 is 0 Å². The van der Waals surface area contributed by atoms with Crippen LogP contribution in [0.3, 0.4) is 0 Å². The van der Waals surface area contributed by atoms with Gasteiger partial charge in [-0.1, -0.05) is 24.3 Å². The highest BCUT2D eigenvalue weighted by molar-refractivity contribution is 7.80. The average Bonchev–Trinajstić information content (AvgIpc) is 2.48. The molecule has 2 heterocycles. The minimum Gasteiger partial charge on any atom is -0.331 e. The molecule has 98 valence electrons. The topological polar surface area (TPSA) is 49.8 Å². The molecule has 2 aromatic heterocycles. The maximum atomic E-state index is 5.29. The van der Waals surface area contributed by atoms with Gasteiger partial charge in [0.05, 0.1) is 11.2 Å². The largest absolute Gasteiger partial charge is 0.331 e. The Morgan fingerprint density at radius 3 is 2.55 bits per heavy atom. The number of anilines is 2. The number of thiocarbonyl (C=S) groups is 1. The number of hydrogen-bond acceptors (Lipinski definition) is 3. The van der Waals surface area contributed by atoms with Crippen molar-refractivity contribution in [3.05, 3.63) is 60.9 Å². The first kappa shape index (κ1) is 12.5. The first-order valence-electron chi connectivity index (χ1n) is 6.16. The fraction of sp³-hybridized carbons (Fsp3) is 0.